The third-order valence-electron chi connectivity index (χ3n) is 3.69. The highest BCUT2D eigenvalue weighted by Crippen LogP contribution is 2.28. The van der Waals surface area contributed by atoms with Gasteiger partial charge in [-0.1, -0.05) is 42.4 Å². The summed E-state index contributed by atoms with van der Waals surface area (Å²) in [6.45, 7) is 1.64. The van der Waals surface area contributed by atoms with Gasteiger partial charge in [-0.25, -0.2) is 0 Å². The fraction of sp³-hybridized carbons (Fsp3) is 0.500. The molecule has 0 atom stereocenters. The highest BCUT2D eigenvalue weighted by Gasteiger charge is 2.24. The summed E-state index contributed by atoms with van der Waals surface area (Å²) in [5.41, 5.74) is 7.44. The lowest BCUT2D eigenvalue weighted by molar-refractivity contribution is 0.0946. The van der Waals surface area contributed by atoms with Crippen LogP contribution in [0.2, 0.25) is 5.02 Å². The van der Waals surface area contributed by atoms with E-state index in [4.69, 9.17) is 34.7 Å². The quantitative estimate of drug-likeness (QED) is 0.792. The van der Waals surface area contributed by atoms with E-state index in [1.165, 1.54) is 19.3 Å². The Morgan fingerprint density at radius 3 is 2.68 bits per heavy atom. The molecule has 2 rings (SSSR count). The largest absolute Gasteiger partial charge is 0.395 e. The van der Waals surface area contributed by atoms with Crippen molar-refractivity contribution in [2.45, 2.75) is 31.8 Å². The van der Waals surface area contributed by atoms with Crippen LogP contribution in [0.15, 0.2) is 18.2 Å². The molecule has 1 saturated carbocycles. The first kappa shape index (κ1) is 14.7. The van der Waals surface area contributed by atoms with Gasteiger partial charge in [0.1, 0.15) is 4.99 Å². The molecule has 1 aliphatic carbocycles. The van der Waals surface area contributed by atoms with Gasteiger partial charge in [0.15, 0.2) is 0 Å². The van der Waals surface area contributed by atoms with E-state index in [1.807, 2.05) is 18.2 Å². The fourth-order valence-corrected chi connectivity index (χ4v) is 2.69. The topological polar surface area (TPSA) is 49.5 Å². The molecule has 1 aromatic rings. The van der Waals surface area contributed by atoms with Gasteiger partial charge in [0.25, 0.3) is 0 Å². The van der Waals surface area contributed by atoms with Crippen molar-refractivity contribution in [3.63, 3.8) is 0 Å². The number of aliphatic hydroxyl groups excluding tert-OH is 1. The Bertz CT molecular complexity index is 463. The molecule has 3 nitrogen and oxygen atoms in total. The average Bonchev–Trinajstić information content (AvgIpc) is 2.29. The van der Waals surface area contributed by atoms with Gasteiger partial charge in [-0.3, -0.25) is 4.90 Å². The van der Waals surface area contributed by atoms with Gasteiger partial charge in [0.05, 0.1) is 6.61 Å². The fourth-order valence-electron chi connectivity index (χ4n) is 2.32. The summed E-state index contributed by atoms with van der Waals surface area (Å²) < 4.78 is 0. The van der Waals surface area contributed by atoms with E-state index in [9.17, 15) is 0 Å². The van der Waals surface area contributed by atoms with Gasteiger partial charge in [-0.05, 0) is 24.5 Å². The van der Waals surface area contributed by atoms with Crippen LogP contribution in [-0.4, -0.2) is 34.2 Å². The van der Waals surface area contributed by atoms with Crippen molar-refractivity contribution in [3.05, 3.63) is 34.3 Å². The van der Waals surface area contributed by atoms with E-state index >= 15 is 0 Å². The van der Waals surface area contributed by atoms with E-state index in [-0.39, 0.29) is 6.61 Å². The lowest BCUT2D eigenvalue weighted by Gasteiger charge is -2.37. The van der Waals surface area contributed by atoms with E-state index in [2.05, 4.69) is 4.90 Å². The molecular weight excluding hydrogens is 280 g/mol. The molecule has 0 spiro atoms. The molecule has 0 amide bonds. The Morgan fingerprint density at radius 1 is 1.47 bits per heavy atom. The van der Waals surface area contributed by atoms with Crippen molar-refractivity contribution < 1.29 is 5.11 Å². The average molecular weight is 299 g/mol. The minimum Gasteiger partial charge on any atom is -0.395 e. The second-order valence-electron chi connectivity index (χ2n) is 4.95. The van der Waals surface area contributed by atoms with Crippen LogP contribution >= 0.6 is 23.8 Å². The molecule has 0 aromatic heterocycles. The number of nitrogens with two attached hydrogens (primary N) is 1. The van der Waals surface area contributed by atoms with Crippen LogP contribution in [0.3, 0.4) is 0 Å². The third kappa shape index (κ3) is 3.66. The SMILES string of the molecule is NC(=S)c1ccc(CN(CCO)C2CCC2)c(Cl)c1. The van der Waals surface area contributed by atoms with Crippen LogP contribution in [0.25, 0.3) is 0 Å². The second-order valence-corrected chi connectivity index (χ2v) is 5.80. The van der Waals surface area contributed by atoms with Crippen molar-refractivity contribution in [1.29, 1.82) is 0 Å². The minimum absolute atomic E-state index is 0.180. The van der Waals surface area contributed by atoms with Crippen LogP contribution in [0.5, 0.6) is 0 Å². The summed E-state index contributed by atoms with van der Waals surface area (Å²) in [5, 5.41) is 9.85. The first-order chi connectivity index (χ1) is 9.11. The summed E-state index contributed by atoms with van der Waals surface area (Å²) in [4.78, 5) is 2.66. The molecule has 1 aromatic carbocycles. The second kappa shape index (κ2) is 6.66. The smallest absolute Gasteiger partial charge is 0.104 e. The molecule has 3 N–H and O–H groups in total. The normalized spacial score (nSPS) is 15.5. The van der Waals surface area contributed by atoms with Gasteiger partial charge in [0, 0.05) is 29.7 Å². The van der Waals surface area contributed by atoms with Crippen LogP contribution in [-0.2, 0) is 6.54 Å². The van der Waals surface area contributed by atoms with Crippen LogP contribution in [0.4, 0.5) is 0 Å². The minimum atomic E-state index is 0.180. The molecule has 0 radical (unpaired) electrons. The molecule has 0 unspecified atom stereocenters. The number of rotatable bonds is 6. The zero-order chi connectivity index (χ0) is 13.8. The molecule has 5 heteroatoms. The van der Waals surface area contributed by atoms with E-state index < -0.39 is 0 Å². The summed E-state index contributed by atoms with van der Waals surface area (Å²) in [6.07, 6.45) is 3.70. The van der Waals surface area contributed by atoms with E-state index in [1.54, 1.807) is 0 Å². The molecule has 0 aliphatic heterocycles. The van der Waals surface area contributed by atoms with E-state index in [0.29, 0.717) is 22.6 Å². The Morgan fingerprint density at radius 2 is 2.21 bits per heavy atom. The molecule has 0 bridgehead atoms. The zero-order valence-corrected chi connectivity index (χ0v) is 12.4. The molecular formula is C14H19ClN2OS. The van der Waals surface area contributed by atoms with Gasteiger partial charge >= 0.3 is 0 Å². The third-order valence-corrected chi connectivity index (χ3v) is 4.28. The van der Waals surface area contributed by atoms with Gasteiger partial charge in [-0.15, -0.1) is 0 Å². The van der Waals surface area contributed by atoms with Crippen molar-refractivity contribution in [1.82, 2.24) is 4.90 Å². The van der Waals surface area contributed by atoms with Crippen LogP contribution in [0, 0.1) is 0 Å². The Hall–Kier alpha value is -0.680. The maximum absolute atomic E-state index is 9.16. The predicted octanol–water partition coefficient (Wildman–Crippen LogP) is 2.32. The number of thiocarbonyl (C=S) groups is 1. The summed E-state index contributed by atoms with van der Waals surface area (Å²) in [7, 11) is 0. The van der Waals surface area contributed by atoms with E-state index in [0.717, 1.165) is 17.7 Å². The van der Waals surface area contributed by atoms with Crippen molar-refractivity contribution in [2.24, 2.45) is 5.73 Å². The molecule has 19 heavy (non-hydrogen) atoms. The zero-order valence-electron chi connectivity index (χ0n) is 10.8. The van der Waals surface area contributed by atoms with Crippen molar-refractivity contribution in [3.8, 4) is 0 Å². The standard InChI is InChI=1S/C14H19ClN2OS/c15-13-8-10(14(16)19)4-5-11(13)9-17(6-7-18)12-2-1-3-12/h4-5,8,12,18H,1-3,6-7,9H2,(H2,16,19). The summed E-state index contributed by atoms with van der Waals surface area (Å²) in [6, 6.07) is 6.27. The molecule has 1 aliphatic rings. The van der Waals surface area contributed by atoms with Gasteiger partial charge in [-0.2, -0.15) is 0 Å². The highest BCUT2D eigenvalue weighted by atomic mass is 35.5. The van der Waals surface area contributed by atoms with Gasteiger partial charge < -0.3 is 10.8 Å². The lowest BCUT2D eigenvalue weighted by atomic mass is 9.91. The number of hydrogen-bond donors (Lipinski definition) is 2. The Balaban J connectivity index is 2.09. The number of hydrogen-bond acceptors (Lipinski definition) is 3. The first-order valence-corrected chi connectivity index (χ1v) is 7.33. The number of aliphatic hydroxyl groups is 1. The molecule has 1 fully saturated rings. The number of nitrogens with zero attached hydrogens (tertiary/aromatic N) is 1. The van der Waals surface area contributed by atoms with Crippen LogP contribution < -0.4 is 5.73 Å². The monoisotopic (exact) mass is 298 g/mol. The Labute approximate surface area is 124 Å². The first-order valence-electron chi connectivity index (χ1n) is 6.55. The molecule has 0 heterocycles. The maximum atomic E-state index is 9.16. The molecule has 0 saturated heterocycles. The lowest BCUT2D eigenvalue weighted by Crippen LogP contribution is -2.41. The van der Waals surface area contributed by atoms with Crippen LogP contribution in [0.1, 0.15) is 30.4 Å². The summed E-state index contributed by atoms with van der Waals surface area (Å²) in [5.74, 6) is 0. The van der Waals surface area contributed by atoms with Crippen molar-refractivity contribution >= 4 is 28.8 Å². The van der Waals surface area contributed by atoms with Crippen molar-refractivity contribution in [2.75, 3.05) is 13.2 Å². The summed E-state index contributed by atoms with van der Waals surface area (Å²) >= 11 is 11.2. The maximum Gasteiger partial charge on any atom is 0.104 e. The number of benzene rings is 1. The molecule has 104 valence electrons. The number of halogens is 1. The Kier molecular flexibility index (Phi) is 5.16. The van der Waals surface area contributed by atoms with Gasteiger partial charge in [0.2, 0.25) is 0 Å². The predicted molar refractivity (Wildman–Crippen MR) is 82.5 cm³/mol. The highest BCUT2D eigenvalue weighted by molar-refractivity contribution is 7.80.